The summed E-state index contributed by atoms with van der Waals surface area (Å²) in [5.41, 5.74) is 9.99. The van der Waals surface area contributed by atoms with Gasteiger partial charge in [-0.2, -0.15) is 5.70 Å². The Kier molecular flexibility index (Phi) is 18.4. The van der Waals surface area contributed by atoms with Crippen molar-refractivity contribution in [2.24, 2.45) is 35.5 Å². The number of methoxy groups -OCH3 is 1. The number of carbonyl (C=O) groups excluding carboxylic acids is 2. The molecule has 3 aliphatic rings. The quantitative estimate of drug-likeness (QED) is 0.0658. The molecule has 6 atom stereocenters. The molecule has 0 amide bonds. The molecule has 0 radical (unpaired) electrons. The van der Waals surface area contributed by atoms with Crippen LogP contribution < -0.4 is 31.2 Å². The van der Waals surface area contributed by atoms with Crippen molar-refractivity contribution in [1.82, 2.24) is 15.0 Å². The number of aromatic nitrogens is 3. The van der Waals surface area contributed by atoms with E-state index in [1.54, 1.807) is 0 Å². The maximum atomic E-state index is 13.6. The second kappa shape index (κ2) is 23.0. The molecule has 1 aliphatic carbocycles. The Balaban J connectivity index is 0.00000793. The SMILES string of the molecule is C=Cc1c2[n-]c(c1C)/C=C1\[N-]C(C3=c4[n-]c(c(C)c4=C(O)[C@@H]3C(=O)OC)/C=c3\[nH]/c(c(C)c3CC)=C\2)[C@@H](CCC(=O)OC/C=C(\C)CCC[C@H](C)CCC[C@H](C)CCCC(C)C)[C@@H]1C.[Mg+2]. The smallest absolute Gasteiger partial charge is 0.681 e. The maximum absolute atomic E-state index is 13.6. The first-order valence-corrected chi connectivity index (χ1v) is 24.2. The second-order valence-electron chi connectivity index (χ2n) is 19.7. The summed E-state index contributed by atoms with van der Waals surface area (Å²) in [4.78, 5) is 41.0. The number of fused-ring (bicyclic) bond motifs is 8. The van der Waals surface area contributed by atoms with Crippen LogP contribution in [0.1, 0.15) is 164 Å². The van der Waals surface area contributed by atoms with Crippen molar-refractivity contribution < 1.29 is 24.2 Å². The number of esters is 2. The molecule has 0 aromatic carbocycles. The Morgan fingerprint density at radius 1 is 0.877 bits per heavy atom. The Bertz CT molecular complexity index is 2510. The van der Waals surface area contributed by atoms with E-state index in [2.05, 4.69) is 80.0 Å². The van der Waals surface area contributed by atoms with Gasteiger partial charge in [-0.05, 0) is 106 Å². The third-order valence-corrected chi connectivity index (χ3v) is 14.6. The minimum Gasteiger partial charge on any atom is -0.681 e. The molecule has 3 aromatic rings. The zero-order valence-electron chi connectivity index (χ0n) is 41.5. The first kappa shape index (κ1) is 51.8. The number of hydrogen-bond acceptors (Lipinski definition) is 5. The normalized spacial score (nSPS) is 21.7. The van der Waals surface area contributed by atoms with Gasteiger partial charge in [0.15, 0.2) is 0 Å². The van der Waals surface area contributed by atoms with Crippen LogP contribution in [-0.2, 0) is 25.5 Å². The Labute approximate surface area is 404 Å². The van der Waals surface area contributed by atoms with Gasteiger partial charge < -0.3 is 34.8 Å². The molecule has 2 aliphatic heterocycles. The molecule has 5 heterocycles. The summed E-state index contributed by atoms with van der Waals surface area (Å²) >= 11 is 0. The number of hydrogen-bond donors (Lipinski definition) is 2. The average Bonchev–Trinajstić information content (AvgIpc) is 3.99. The summed E-state index contributed by atoms with van der Waals surface area (Å²) < 4.78 is 11.1. The summed E-state index contributed by atoms with van der Waals surface area (Å²) in [5, 5.41) is 20.3. The van der Waals surface area contributed by atoms with Gasteiger partial charge >= 0.3 is 35.0 Å². The summed E-state index contributed by atoms with van der Waals surface area (Å²) in [6, 6.07) is -0.565. The molecule has 0 saturated carbocycles. The van der Waals surface area contributed by atoms with E-state index in [-0.39, 0.29) is 59.6 Å². The fourth-order valence-corrected chi connectivity index (χ4v) is 10.4. The zero-order valence-corrected chi connectivity index (χ0v) is 42.9. The molecular formula is C55H75MgN4O5-. The molecule has 10 heteroatoms. The van der Waals surface area contributed by atoms with Crippen molar-refractivity contribution in [3.63, 3.8) is 0 Å². The van der Waals surface area contributed by atoms with Crippen molar-refractivity contribution in [3.8, 4) is 0 Å². The second-order valence-corrected chi connectivity index (χ2v) is 19.7. The van der Waals surface area contributed by atoms with Crippen molar-refractivity contribution in [2.75, 3.05) is 13.7 Å². The predicted molar refractivity (Wildman–Crippen MR) is 267 cm³/mol. The molecule has 1 fully saturated rings. The van der Waals surface area contributed by atoms with E-state index in [0.29, 0.717) is 28.3 Å². The van der Waals surface area contributed by atoms with Crippen LogP contribution >= 0.6 is 0 Å². The minimum atomic E-state index is -1.06. The van der Waals surface area contributed by atoms with Crippen molar-refractivity contribution in [1.29, 1.82) is 0 Å². The fraction of sp³-hybridized carbons (Fsp3) is 0.564. The van der Waals surface area contributed by atoms with Crippen LogP contribution in [0, 0.1) is 56.3 Å². The molecule has 3 aromatic heterocycles. The third kappa shape index (κ3) is 11.7. The summed E-state index contributed by atoms with van der Waals surface area (Å²) in [5.74, 6) is 0.0394. The molecule has 1 saturated heterocycles. The number of carbonyl (C=O) groups is 2. The summed E-state index contributed by atoms with van der Waals surface area (Å²) in [6.07, 6.45) is 22.8. The van der Waals surface area contributed by atoms with Crippen LogP contribution in [0.15, 0.2) is 23.9 Å². The van der Waals surface area contributed by atoms with Gasteiger partial charge in [0.05, 0.1) is 7.11 Å². The number of nitrogens with one attached hydrogen (secondary N) is 1. The van der Waals surface area contributed by atoms with Crippen LogP contribution in [0.5, 0.6) is 0 Å². The Morgan fingerprint density at radius 3 is 2.17 bits per heavy atom. The van der Waals surface area contributed by atoms with Crippen LogP contribution in [-0.4, -0.2) is 64.8 Å². The number of aromatic amines is 1. The summed E-state index contributed by atoms with van der Waals surface area (Å²) in [6.45, 7) is 26.3. The number of aliphatic hydroxyl groups is 1. The first-order chi connectivity index (χ1) is 30.6. The molecule has 1 unspecified atom stereocenters. The standard InChI is InChI=1S/C55H75N4O5.Mg/c1-13-39-35(8)42-28-44-37(10)41(24-25-48(60)64-27-26-34(7)23-17-22-33(6)21-16-20-32(5)19-15-18-31(3)4)52(58-44)50-51(55(62)63-12)54(61)49-38(11)45(59-53(49)50)30-47-40(14-2)36(9)43(57-47)29-46(39)56-42;/h13,26,28-33,37,41,51-52,57,61H,1,14-25,27H2,2-12H3;/q-3;+2/b34-26+,43-29-,44-28-,47-30-;/t32-,33-,37+,41+,51-,52?;/m1./s1. The van der Waals surface area contributed by atoms with Gasteiger partial charge in [0.1, 0.15) is 18.3 Å². The first-order valence-electron chi connectivity index (χ1n) is 24.2. The van der Waals surface area contributed by atoms with Crippen molar-refractivity contribution in [2.45, 2.75) is 152 Å². The number of ether oxygens (including phenoxy) is 2. The van der Waals surface area contributed by atoms with Crippen molar-refractivity contribution >= 4 is 70.6 Å². The monoisotopic (exact) mass is 896 g/mol. The van der Waals surface area contributed by atoms with Crippen LogP contribution in [0.3, 0.4) is 0 Å². The van der Waals surface area contributed by atoms with E-state index in [0.717, 1.165) is 92.6 Å². The van der Waals surface area contributed by atoms with E-state index < -0.39 is 17.9 Å². The number of allylic oxidation sites excluding steroid dienone is 2. The molecule has 6 rings (SSSR count). The zero-order chi connectivity index (χ0) is 46.4. The van der Waals surface area contributed by atoms with Crippen molar-refractivity contribution in [3.05, 3.63) is 95.4 Å². The van der Waals surface area contributed by atoms with Gasteiger partial charge in [0, 0.05) is 22.3 Å². The van der Waals surface area contributed by atoms with Gasteiger partial charge in [-0.3, -0.25) is 9.59 Å². The molecular weight excluding hydrogens is 821 g/mol. The van der Waals surface area contributed by atoms with Crippen LogP contribution in [0.4, 0.5) is 0 Å². The van der Waals surface area contributed by atoms with Gasteiger partial charge in [-0.1, -0.05) is 146 Å². The van der Waals surface area contributed by atoms with Gasteiger partial charge in [-0.15, -0.1) is 22.4 Å². The molecule has 0 spiro atoms. The van der Waals surface area contributed by atoms with Crippen LogP contribution in [0.25, 0.3) is 41.0 Å². The van der Waals surface area contributed by atoms with E-state index in [1.165, 1.54) is 57.6 Å². The van der Waals surface area contributed by atoms with Gasteiger partial charge in [0.25, 0.3) is 0 Å². The third-order valence-electron chi connectivity index (χ3n) is 14.6. The summed E-state index contributed by atoms with van der Waals surface area (Å²) in [7, 11) is 1.34. The largest absolute Gasteiger partial charge is 2.00 e. The molecule has 9 nitrogen and oxygen atoms in total. The van der Waals surface area contributed by atoms with E-state index in [1.807, 2.05) is 31.2 Å². The number of rotatable bonds is 20. The van der Waals surface area contributed by atoms with E-state index in [9.17, 15) is 14.7 Å². The van der Waals surface area contributed by atoms with E-state index in [4.69, 9.17) is 24.8 Å². The topological polar surface area (TPSA) is 131 Å². The molecule has 348 valence electrons. The van der Waals surface area contributed by atoms with Gasteiger partial charge in [-0.25, -0.2) is 0 Å². The fourth-order valence-electron chi connectivity index (χ4n) is 10.4. The average molecular weight is 897 g/mol. The molecule has 8 bridgehead atoms. The molecule has 65 heavy (non-hydrogen) atoms. The number of nitrogens with zero attached hydrogens (tertiary/aromatic N) is 3. The number of H-pyrrole nitrogens is 1. The predicted octanol–water partition coefficient (Wildman–Crippen LogP) is 9.03. The van der Waals surface area contributed by atoms with E-state index >= 15 is 0 Å². The Morgan fingerprint density at radius 2 is 1.52 bits per heavy atom. The number of aliphatic hydroxyl groups excluding tert-OH is 1. The van der Waals surface area contributed by atoms with Gasteiger partial charge in [0.2, 0.25) is 0 Å². The Hall–Kier alpha value is -4.15. The molecule has 2 N–H and O–H groups in total. The van der Waals surface area contributed by atoms with Crippen LogP contribution in [0.2, 0.25) is 0 Å². The maximum Gasteiger partial charge on any atom is 2.00 e. The minimum absolute atomic E-state index is 0.